The first-order chi connectivity index (χ1) is 12.2. The summed E-state index contributed by atoms with van der Waals surface area (Å²) in [7, 11) is 1.36. The van der Waals surface area contributed by atoms with Gasteiger partial charge in [-0.3, -0.25) is 0 Å². The van der Waals surface area contributed by atoms with Crippen LogP contribution in [0.15, 0.2) is 30.3 Å². The van der Waals surface area contributed by atoms with Gasteiger partial charge in [0.2, 0.25) is 5.95 Å². The van der Waals surface area contributed by atoms with E-state index in [2.05, 4.69) is 20.2 Å². The summed E-state index contributed by atoms with van der Waals surface area (Å²) in [4.78, 5) is 23.3. The fourth-order valence-electron chi connectivity index (χ4n) is 2.72. The second-order valence-corrected chi connectivity index (χ2v) is 5.76. The minimum Gasteiger partial charge on any atom is -0.465 e. The number of benzene rings is 1. The Hall–Kier alpha value is -2.67. The van der Waals surface area contributed by atoms with E-state index < -0.39 is 5.97 Å². The average molecular weight is 342 g/mol. The number of esters is 1. The Morgan fingerprint density at radius 2 is 1.96 bits per heavy atom. The lowest BCUT2D eigenvalue weighted by Crippen LogP contribution is -2.37. The summed E-state index contributed by atoms with van der Waals surface area (Å²) in [5.74, 6) is 0.648. The number of aryl methyl sites for hydroxylation is 1. The molecule has 0 bridgehead atoms. The zero-order valence-electron chi connectivity index (χ0n) is 14.5. The van der Waals surface area contributed by atoms with E-state index in [-0.39, 0.29) is 0 Å². The van der Waals surface area contributed by atoms with Gasteiger partial charge in [0.05, 0.1) is 26.0 Å². The fourth-order valence-corrected chi connectivity index (χ4v) is 2.72. The molecular formula is C18H22N4O3. The van der Waals surface area contributed by atoms with Gasteiger partial charge in [-0.2, -0.15) is 4.98 Å². The summed E-state index contributed by atoms with van der Waals surface area (Å²) in [5, 5.41) is 3.26. The van der Waals surface area contributed by atoms with Gasteiger partial charge in [-0.1, -0.05) is 30.3 Å². The van der Waals surface area contributed by atoms with E-state index >= 15 is 0 Å². The first-order valence-electron chi connectivity index (χ1n) is 8.26. The Bertz CT molecular complexity index is 731. The van der Waals surface area contributed by atoms with E-state index in [1.807, 2.05) is 30.3 Å². The van der Waals surface area contributed by atoms with Crippen LogP contribution in [-0.4, -0.2) is 49.4 Å². The summed E-state index contributed by atoms with van der Waals surface area (Å²) in [6.45, 7) is 5.11. The topological polar surface area (TPSA) is 76.6 Å². The van der Waals surface area contributed by atoms with Crippen molar-refractivity contribution >= 4 is 17.7 Å². The van der Waals surface area contributed by atoms with Crippen LogP contribution >= 0.6 is 0 Å². The van der Waals surface area contributed by atoms with Crippen molar-refractivity contribution in [1.82, 2.24) is 9.97 Å². The highest BCUT2D eigenvalue weighted by molar-refractivity contribution is 5.96. The summed E-state index contributed by atoms with van der Waals surface area (Å²) >= 11 is 0. The lowest BCUT2D eigenvalue weighted by molar-refractivity contribution is 0.0600. The standard InChI is InChI=1S/C18H22N4O3/c1-13-15(17(23)24-2)16(19-12-14-6-4-3-5-7-14)21-18(20-13)22-8-10-25-11-9-22/h3-7H,8-12H2,1-2H3,(H,19,20,21). The number of aromatic nitrogens is 2. The van der Waals surface area contributed by atoms with Gasteiger partial charge in [-0.25, -0.2) is 9.78 Å². The molecule has 3 rings (SSSR count). The lowest BCUT2D eigenvalue weighted by Gasteiger charge is -2.27. The number of hydrogen-bond donors (Lipinski definition) is 1. The van der Waals surface area contributed by atoms with Crippen molar-refractivity contribution in [3.05, 3.63) is 47.2 Å². The highest BCUT2D eigenvalue weighted by atomic mass is 16.5. The van der Waals surface area contributed by atoms with E-state index in [1.54, 1.807) is 6.92 Å². The maximum absolute atomic E-state index is 12.2. The number of carbonyl (C=O) groups is 1. The molecule has 0 spiro atoms. The summed E-state index contributed by atoms with van der Waals surface area (Å²) < 4.78 is 10.3. The molecule has 1 aliphatic heterocycles. The van der Waals surface area contributed by atoms with Crippen molar-refractivity contribution in [3.63, 3.8) is 0 Å². The zero-order chi connectivity index (χ0) is 17.6. The second kappa shape index (κ2) is 7.94. The molecule has 0 atom stereocenters. The molecule has 25 heavy (non-hydrogen) atoms. The first-order valence-corrected chi connectivity index (χ1v) is 8.26. The SMILES string of the molecule is COC(=O)c1c(C)nc(N2CCOCC2)nc1NCc1ccccc1. The molecule has 132 valence electrons. The number of nitrogens with zero attached hydrogens (tertiary/aromatic N) is 3. The molecule has 0 amide bonds. The largest absolute Gasteiger partial charge is 0.465 e. The monoisotopic (exact) mass is 342 g/mol. The van der Waals surface area contributed by atoms with Crippen molar-refractivity contribution in [2.75, 3.05) is 43.6 Å². The number of rotatable bonds is 5. The zero-order valence-corrected chi connectivity index (χ0v) is 14.5. The number of hydrogen-bond acceptors (Lipinski definition) is 7. The van der Waals surface area contributed by atoms with Crippen LogP contribution in [0.5, 0.6) is 0 Å². The third kappa shape index (κ3) is 4.06. The molecule has 0 aliphatic carbocycles. The van der Waals surface area contributed by atoms with Gasteiger partial charge in [-0.15, -0.1) is 0 Å². The normalized spacial score (nSPS) is 14.2. The maximum atomic E-state index is 12.2. The summed E-state index contributed by atoms with van der Waals surface area (Å²) in [6.07, 6.45) is 0. The third-order valence-corrected chi connectivity index (χ3v) is 4.06. The van der Waals surface area contributed by atoms with Gasteiger partial charge in [0.1, 0.15) is 11.4 Å². The molecule has 0 saturated carbocycles. The van der Waals surface area contributed by atoms with Gasteiger partial charge in [-0.05, 0) is 12.5 Å². The highest BCUT2D eigenvalue weighted by Crippen LogP contribution is 2.22. The quantitative estimate of drug-likeness (QED) is 0.833. The molecule has 1 aromatic carbocycles. The van der Waals surface area contributed by atoms with Gasteiger partial charge < -0.3 is 19.7 Å². The van der Waals surface area contributed by atoms with Gasteiger partial charge >= 0.3 is 5.97 Å². The molecule has 2 aromatic rings. The molecule has 1 fully saturated rings. The Kier molecular flexibility index (Phi) is 5.45. The first kappa shape index (κ1) is 17.2. The van der Waals surface area contributed by atoms with Crippen LogP contribution < -0.4 is 10.2 Å². The van der Waals surface area contributed by atoms with E-state index in [1.165, 1.54) is 7.11 Å². The van der Waals surface area contributed by atoms with Crippen molar-refractivity contribution in [2.45, 2.75) is 13.5 Å². The number of nitrogens with one attached hydrogen (secondary N) is 1. The Balaban J connectivity index is 1.90. The lowest BCUT2D eigenvalue weighted by atomic mass is 10.2. The molecule has 1 aliphatic rings. The molecule has 1 N–H and O–H groups in total. The van der Waals surface area contributed by atoms with Crippen molar-refractivity contribution in [1.29, 1.82) is 0 Å². The predicted octanol–water partition coefficient (Wildman–Crippen LogP) is 2.02. The average Bonchev–Trinajstić information content (AvgIpc) is 2.67. The fraction of sp³-hybridized carbons (Fsp3) is 0.389. The maximum Gasteiger partial charge on any atom is 0.343 e. The van der Waals surface area contributed by atoms with Gasteiger partial charge in [0, 0.05) is 19.6 Å². The second-order valence-electron chi connectivity index (χ2n) is 5.76. The Labute approximate surface area is 147 Å². The van der Waals surface area contributed by atoms with E-state index in [0.29, 0.717) is 42.8 Å². The minimum atomic E-state index is -0.443. The molecule has 1 saturated heterocycles. The van der Waals surface area contributed by atoms with Crippen LogP contribution in [0.4, 0.5) is 11.8 Å². The predicted molar refractivity (Wildman–Crippen MR) is 94.9 cm³/mol. The van der Waals surface area contributed by atoms with Crippen molar-refractivity contribution in [3.8, 4) is 0 Å². The van der Waals surface area contributed by atoms with Crippen LogP contribution in [0.3, 0.4) is 0 Å². The van der Waals surface area contributed by atoms with E-state index in [0.717, 1.165) is 18.7 Å². The molecule has 1 aromatic heterocycles. The number of methoxy groups -OCH3 is 1. The molecule has 0 radical (unpaired) electrons. The van der Waals surface area contributed by atoms with E-state index in [9.17, 15) is 4.79 Å². The van der Waals surface area contributed by atoms with E-state index in [4.69, 9.17) is 9.47 Å². The number of morpholine rings is 1. The molecule has 0 unspecified atom stereocenters. The van der Waals surface area contributed by atoms with Gasteiger partial charge in [0.15, 0.2) is 0 Å². The molecular weight excluding hydrogens is 320 g/mol. The number of carbonyl (C=O) groups excluding carboxylic acids is 1. The third-order valence-electron chi connectivity index (χ3n) is 4.06. The molecule has 7 nitrogen and oxygen atoms in total. The number of anilines is 2. The summed E-state index contributed by atoms with van der Waals surface area (Å²) in [5.41, 5.74) is 2.07. The van der Waals surface area contributed by atoms with Crippen LogP contribution in [0.2, 0.25) is 0 Å². The summed E-state index contributed by atoms with van der Waals surface area (Å²) in [6, 6.07) is 9.95. The van der Waals surface area contributed by atoms with Crippen LogP contribution in [0.1, 0.15) is 21.6 Å². The van der Waals surface area contributed by atoms with Gasteiger partial charge in [0.25, 0.3) is 0 Å². The van der Waals surface area contributed by atoms with Crippen molar-refractivity contribution in [2.24, 2.45) is 0 Å². The molecule has 2 heterocycles. The Morgan fingerprint density at radius 3 is 2.64 bits per heavy atom. The van der Waals surface area contributed by atoms with Crippen LogP contribution in [0, 0.1) is 6.92 Å². The number of ether oxygens (including phenoxy) is 2. The minimum absolute atomic E-state index is 0.371. The van der Waals surface area contributed by atoms with Crippen LogP contribution in [-0.2, 0) is 16.0 Å². The smallest absolute Gasteiger partial charge is 0.343 e. The highest BCUT2D eigenvalue weighted by Gasteiger charge is 2.22. The molecule has 7 heteroatoms. The Morgan fingerprint density at radius 1 is 1.24 bits per heavy atom. The van der Waals surface area contributed by atoms with Crippen molar-refractivity contribution < 1.29 is 14.3 Å². The van der Waals surface area contributed by atoms with Crippen LogP contribution in [0.25, 0.3) is 0 Å².